The molecule has 1 saturated heterocycles. The molecule has 0 spiro atoms. The van der Waals surface area contributed by atoms with Crippen LogP contribution in [0.2, 0.25) is 10.3 Å². The van der Waals surface area contributed by atoms with Crippen molar-refractivity contribution in [2.75, 3.05) is 17.3 Å². The van der Waals surface area contributed by atoms with Gasteiger partial charge in [0.1, 0.15) is 10.3 Å². The van der Waals surface area contributed by atoms with Crippen LogP contribution in [0.3, 0.4) is 0 Å². The fourth-order valence-corrected chi connectivity index (χ4v) is 2.40. The van der Waals surface area contributed by atoms with Gasteiger partial charge in [0.05, 0.1) is 0 Å². The van der Waals surface area contributed by atoms with Gasteiger partial charge in [-0.25, -0.2) is 4.98 Å². The van der Waals surface area contributed by atoms with E-state index >= 15 is 0 Å². The number of hydrogen-bond donors (Lipinski definition) is 0. The Kier molecular flexibility index (Phi) is 3.57. The molecule has 1 unspecified atom stereocenters. The maximum absolute atomic E-state index is 11.7. The van der Waals surface area contributed by atoms with Crippen molar-refractivity contribution in [1.29, 1.82) is 0 Å². The van der Waals surface area contributed by atoms with E-state index in [1.807, 2.05) is 0 Å². The van der Waals surface area contributed by atoms with Crippen molar-refractivity contribution < 1.29 is 4.79 Å². The van der Waals surface area contributed by atoms with Gasteiger partial charge in [-0.2, -0.15) is 0 Å². The Morgan fingerprint density at radius 2 is 2.00 bits per heavy atom. The SMILES string of the molecule is O=C1CC(CCl)CN1c1cc(Cl)nc(Cl)c1. The molecule has 16 heavy (non-hydrogen) atoms. The molecule has 3 nitrogen and oxygen atoms in total. The normalized spacial score (nSPS) is 20.6. The van der Waals surface area contributed by atoms with Gasteiger partial charge in [-0.15, -0.1) is 11.6 Å². The van der Waals surface area contributed by atoms with Gasteiger partial charge in [-0.1, -0.05) is 23.2 Å². The summed E-state index contributed by atoms with van der Waals surface area (Å²) in [7, 11) is 0. The average molecular weight is 280 g/mol. The van der Waals surface area contributed by atoms with E-state index in [-0.39, 0.29) is 22.1 Å². The van der Waals surface area contributed by atoms with Gasteiger partial charge in [0, 0.05) is 24.5 Å². The topological polar surface area (TPSA) is 33.2 Å². The van der Waals surface area contributed by atoms with Crippen LogP contribution >= 0.6 is 34.8 Å². The number of hydrogen-bond acceptors (Lipinski definition) is 2. The molecular weight excluding hydrogens is 270 g/mol. The first-order chi connectivity index (χ1) is 7.60. The van der Waals surface area contributed by atoms with Crippen LogP contribution in [-0.2, 0) is 4.79 Å². The van der Waals surface area contributed by atoms with E-state index in [1.54, 1.807) is 17.0 Å². The van der Waals surface area contributed by atoms with Gasteiger partial charge in [-0.3, -0.25) is 4.79 Å². The number of anilines is 1. The molecule has 1 amide bonds. The molecule has 1 aromatic rings. The Morgan fingerprint density at radius 1 is 1.38 bits per heavy atom. The number of halogens is 3. The zero-order chi connectivity index (χ0) is 11.7. The van der Waals surface area contributed by atoms with Crippen LogP contribution in [0.25, 0.3) is 0 Å². The van der Waals surface area contributed by atoms with Gasteiger partial charge in [0.25, 0.3) is 0 Å². The van der Waals surface area contributed by atoms with Gasteiger partial charge < -0.3 is 4.90 Å². The lowest BCUT2D eigenvalue weighted by Gasteiger charge is -2.16. The van der Waals surface area contributed by atoms with E-state index in [0.717, 1.165) is 0 Å². The third-order valence-corrected chi connectivity index (χ3v) is 3.31. The first-order valence-corrected chi connectivity index (χ1v) is 6.08. The summed E-state index contributed by atoms with van der Waals surface area (Å²) in [5, 5.41) is 0.564. The second-order valence-electron chi connectivity index (χ2n) is 3.70. The predicted molar refractivity (Wildman–Crippen MR) is 65.4 cm³/mol. The minimum Gasteiger partial charge on any atom is -0.312 e. The van der Waals surface area contributed by atoms with Crippen molar-refractivity contribution in [3.63, 3.8) is 0 Å². The van der Waals surface area contributed by atoms with Gasteiger partial charge in [0.2, 0.25) is 5.91 Å². The van der Waals surface area contributed by atoms with Crippen LogP contribution in [0.4, 0.5) is 5.69 Å². The highest BCUT2D eigenvalue weighted by atomic mass is 35.5. The van der Waals surface area contributed by atoms with Gasteiger partial charge >= 0.3 is 0 Å². The molecule has 0 aliphatic carbocycles. The highest BCUT2D eigenvalue weighted by Gasteiger charge is 2.30. The molecule has 0 aromatic carbocycles. The Labute approximate surface area is 108 Å². The Balaban J connectivity index is 2.27. The van der Waals surface area contributed by atoms with Crippen molar-refractivity contribution in [3.05, 3.63) is 22.4 Å². The largest absolute Gasteiger partial charge is 0.312 e. The lowest BCUT2D eigenvalue weighted by molar-refractivity contribution is -0.117. The zero-order valence-electron chi connectivity index (χ0n) is 8.29. The van der Waals surface area contributed by atoms with Crippen LogP contribution in [0.15, 0.2) is 12.1 Å². The van der Waals surface area contributed by atoms with Crippen molar-refractivity contribution in [1.82, 2.24) is 4.98 Å². The van der Waals surface area contributed by atoms with Crippen molar-refractivity contribution in [2.24, 2.45) is 5.92 Å². The predicted octanol–water partition coefficient (Wildman–Crippen LogP) is 2.98. The summed E-state index contributed by atoms with van der Waals surface area (Å²) >= 11 is 17.3. The molecule has 0 radical (unpaired) electrons. The fourth-order valence-electron chi connectivity index (χ4n) is 1.74. The summed E-state index contributed by atoms with van der Waals surface area (Å²) in [6, 6.07) is 3.25. The van der Waals surface area contributed by atoms with E-state index in [9.17, 15) is 4.79 Å². The molecule has 1 aromatic heterocycles. The summed E-state index contributed by atoms with van der Waals surface area (Å²) in [4.78, 5) is 17.2. The summed E-state index contributed by atoms with van der Waals surface area (Å²) in [6.45, 7) is 0.610. The summed E-state index contributed by atoms with van der Waals surface area (Å²) in [5.41, 5.74) is 0.683. The molecular formula is C10H9Cl3N2O. The third kappa shape index (κ3) is 2.42. The number of pyridine rings is 1. The molecule has 0 bridgehead atoms. The summed E-state index contributed by atoms with van der Waals surface area (Å²) in [5.74, 6) is 0.721. The van der Waals surface area contributed by atoms with Crippen LogP contribution in [0, 0.1) is 5.92 Å². The van der Waals surface area contributed by atoms with Crippen LogP contribution in [-0.4, -0.2) is 23.3 Å². The number of alkyl halides is 1. The van der Waals surface area contributed by atoms with Crippen molar-refractivity contribution >= 4 is 46.4 Å². The van der Waals surface area contributed by atoms with Crippen LogP contribution < -0.4 is 4.90 Å². The first-order valence-electron chi connectivity index (χ1n) is 4.79. The molecule has 1 fully saturated rings. The number of rotatable bonds is 2. The standard InChI is InChI=1S/C10H9Cl3N2O/c11-4-6-1-10(16)15(5-6)7-2-8(12)14-9(13)3-7/h2-3,6H,1,4-5H2. The molecule has 2 rings (SSSR count). The van der Waals surface area contributed by atoms with Gasteiger partial charge in [0.15, 0.2) is 0 Å². The van der Waals surface area contributed by atoms with Gasteiger partial charge in [-0.05, 0) is 18.1 Å². The second-order valence-corrected chi connectivity index (χ2v) is 4.78. The van der Waals surface area contributed by atoms with E-state index in [2.05, 4.69) is 4.98 Å². The van der Waals surface area contributed by atoms with Crippen LogP contribution in [0.1, 0.15) is 6.42 Å². The molecule has 1 aliphatic rings. The quantitative estimate of drug-likeness (QED) is 0.616. The molecule has 1 atom stereocenters. The smallest absolute Gasteiger partial charge is 0.227 e. The molecule has 2 heterocycles. The minimum atomic E-state index is 0.0454. The Morgan fingerprint density at radius 3 is 2.50 bits per heavy atom. The zero-order valence-corrected chi connectivity index (χ0v) is 10.6. The van der Waals surface area contributed by atoms with Crippen LogP contribution in [0.5, 0.6) is 0 Å². The third-order valence-electron chi connectivity index (χ3n) is 2.48. The maximum atomic E-state index is 11.7. The fraction of sp³-hybridized carbons (Fsp3) is 0.400. The number of amides is 1. The Hall–Kier alpha value is -0.510. The number of carbonyl (C=O) groups is 1. The lowest BCUT2D eigenvalue weighted by atomic mass is 10.1. The first kappa shape index (κ1) is 12.0. The van der Waals surface area contributed by atoms with E-state index in [0.29, 0.717) is 24.5 Å². The number of nitrogens with zero attached hydrogens (tertiary/aromatic N) is 2. The van der Waals surface area contributed by atoms with E-state index in [4.69, 9.17) is 34.8 Å². The molecule has 86 valence electrons. The number of carbonyl (C=O) groups excluding carboxylic acids is 1. The van der Waals surface area contributed by atoms with Crippen molar-refractivity contribution in [3.8, 4) is 0 Å². The molecule has 0 N–H and O–H groups in total. The molecule has 0 saturated carbocycles. The monoisotopic (exact) mass is 278 g/mol. The Bertz CT molecular complexity index is 404. The maximum Gasteiger partial charge on any atom is 0.227 e. The molecule has 1 aliphatic heterocycles. The summed E-state index contributed by atoms with van der Waals surface area (Å²) in [6.07, 6.45) is 0.473. The highest BCUT2D eigenvalue weighted by Crippen LogP contribution is 2.28. The van der Waals surface area contributed by atoms with E-state index in [1.165, 1.54) is 0 Å². The minimum absolute atomic E-state index is 0.0454. The van der Waals surface area contributed by atoms with Crippen molar-refractivity contribution in [2.45, 2.75) is 6.42 Å². The summed E-state index contributed by atoms with van der Waals surface area (Å²) < 4.78 is 0. The van der Waals surface area contributed by atoms with E-state index < -0.39 is 0 Å². The second kappa shape index (κ2) is 4.78. The highest BCUT2D eigenvalue weighted by molar-refractivity contribution is 6.33. The average Bonchev–Trinajstić information content (AvgIpc) is 2.58. The lowest BCUT2D eigenvalue weighted by Crippen LogP contribution is -2.24. The molecule has 6 heteroatoms. The number of aromatic nitrogens is 1.